The number of pyridine rings is 1. The van der Waals surface area contributed by atoms with Gasteiger partial charge in [0.1, 0.15) is 16.5 Å². The van der Waals surface area contributed by atoms with Crippen LogP contribution < -0.4 is 10.6 Å². The fourth-order valence-corrected chi connectivity index (χ4v) is 2.27. The molecule has 20 heavy (non-hydrogen) atoms. The third kappa shape index (κ3) is 3.20. The van der Waals surface area contributed by atoms with Crippen LogP contribution in [0.5, 0.6) is 0 Å². The smallest absolute Gasteiger partial charge is 0.389 e. The molecule has 0 amide bonds. The zero-order chi connectivity index (χ0) is 14.9. The average molecular weight is 303 g/mol. The molecule has 0 spiro atoms. The minimum atomic E-state index is -4.47. The van der Waals surface area contributed by atoms with E-state index >= 15 is 0 Å². The van der Waals surface area contributed by atoms with Gasteiger partial charge in [-0.3, -0.25) is 0 Å². The molecule has 0 radical (unpaired) electrons. The minimum Gasteiger partial charge on any atom is -0.389 e. The van der Waals surface area contributed by atoms with E-state index in [0.29, 0.717) is 12.1 Å². The van der Waals surface area contributed by atoms with Crippen molar-refractivity contribution in [1.29, 1.82) is 0 Å². The van der Waals surface area contributed by atoms with E-state index in [2.05, 4.69) is 4.98 Å². The molecule has 0 aliphatic heterocycles. The van der Waals surface area contributed by atoms with Crippen LogP contribution in [0.15, 0.2) is 12.1 Å². The van der Waals surface area contributed by atoms with Gasteiger partial charge in [-0.1, -0.05) is 19.1 Å². The van der Waals surface area contributed by atoms with Gasteiger partial charge in [0.25, 0.3) is 0 Å². The largest absolute Gasteiger partial charge is 0.433 e. The maximum Gasteiger partial charge on any atom is 0.433 e. The molecule has 110 valence electrons. The first-order valence-corrected chi connectivity index (χ1v) is 6.90. The molecular formula is C13H16F3N3S. The lowest BCUT2D eigenvalue weighted by Crippen LogP contribution is -2.31. The monoisotopic (exact) mass is 303 g/mol. The Morgan fingerprint density at radius 2 is 2.10 bits per heavy atom. The SMILES string of the molecule is CCCN(c1nc(C(F)(F)F)ccc1C(N)=S)C1CC1. The number of alkyl halides is 3. The molecule has 1 aliphatic carbocycles. The first-order valence-electron chi connectivity index (χ1n) is 6.49. The van der Waals surface area contributed by atoms with Crippen LogP contribution in [0.25, 0.3) is 0 Å². The van der Waals surface area contributed by atoms with E-state index in [1.807, 2.05) is 11.8 Å². The third-order valence-corrected chi connectivity index (χ3v) is 3.38. The van der Waals surface area contributed by atoms with Crippen molar-refractivity contribution in [2.75, 3.05) is 11.4 Å². The van der Waals surface area contributed by atoms with Crippen LogP contribution in [0.2, 0.25) is 0 Å². The Balaban J connectivity index is 2.48. The number of nitrogens with two attached hydrogens (primary N) is 1. The Kier molecular flexibility index (Phi) is 4.17. The summed E-state index contributed by atoms with van der Waals surface area (Å²) in [5.74, 6) is 0.261. The molecular weight excluding hydrogens is 287 g/mol. The first kappa shape index (κ1) is 15.0. The molecule has 1 heterocycles. The molecule has 1 aliphatic rings. The molecule has 1 aromatic heterocycles. The highest BCUT2D eigenvalue weighted by Crippen LogP contribution is 2.35. The fraction of sp³-hybridized carbons (Fsp3) is 0.538. The Morgan fingerprint density at radius 3 is 2.55 bits per heavy atom. The first-order chi connectivity index (χ1) is 9.34. The summed E-state index contributed by atoms with van der Waals surface area (Å²) in [6.45, 7) is 2.62. The number of halogens is 3. The van der Waals surface area contributed by atoms with Crippen LogP contribution in [-0.4, -0.2) is 22.6 Å². The van der Waals surface area contributed by atoms with E-state index in [-0.39, 0.29) is 16.8 Å². The van der Waals surface area contributed by atoms with Crippen LogP contribution in [0.3, 0.4) is 0 Å². The molecule has 0 unspecified atom stereocenters. The predicted octanol–water partition coefficient (Wildman–Crippen LogP) is 3.11. The molecule has 0 saturated heterocycles. The van der Waals surface area contributed by atoms with Gasteiger partial charge in [0, 0.05) is 12.6 Å². The minimum absolute atomic E-state index is 0.0722. The number of thiocarbonyl (C=S) groups is 1. The Bertz CT molecular complexity index is 512. The van der Waals surface area contributed by atoms with E-state index in [9.17, 15) is 13.2 Å². The van der Waals surface area contributed by atoms with Crippen LogP contribution in [0.1, 0.15) is 37.4 Å². The summed E-state index contributed by atoms with van der Waals surface area (Å²) >= 11 is 4.93. The van der Waals surface area contributed by atoms with E-state index in [0.717, 1.165) is 25.3 Å². The number of aromatic nitrogens is 1. The fourth-order valence-electron chi connectivity index (χ4n) is 2.11. The average Bonchev–Trinajstić information content (AvgIpc) is 3.18. The highest BCUT2D eigenvalue weighted by atomic mass is 32.1. The molecule has 1 aromatic rings. The molecule has 2 rings (SSSR count). The summed E-state index contributed by atoms with van der Waals surface area (Å²) in [7, 11) is 0. The van der Waals surface area contributed by atoms with Crippen molar-refractivity contribution in [2.24, 2.45) is 5.73 Å². The number of hydrogen-bond donors (Lipinski definition) is 1. The second kappa shape index (κ2) is 5.55. The van der Waals surface area contributed by atoms with Gasteiger partial charge >= 0.3 is 6.18 Å². The van der Waals surface area contributed by atoms with Crippen molar-refractivity contribution in [2.45, 2.75) is 38.4 Å². The van der Waals surface area contributed by atoms with Crippen molar-refractivity contribution >= 4 is 23.0 Å². The molecule has 0 aromatic carbocycles. The zero-order valence-electron chi connectivity index (χ0n) is 11.1. The quantitative estimate of drug-likeness (QED) is 0.849. The summed E-state index contributed by atoms with van der Waals surface area (Å²) in [6.07, 6.45) is -1.71. The lowest BCUT2D eigenvalue weighted by molar-refractivity contribution is -0.141. The highest BCUT2D eigenvalue weighted by Gasteiger charge is 2.36. The van der Waals surface area contributed by atoms with Gasteiger partial charge in [-0.15, -0.1) is 0 Å². The summed E-state index contributed by atoms with van der Waals surface area (Å²) < 4.78 is 38.5. The molecule has 0 bridgehead atoms. The maximum absolute atomic E-state index is 12.8. The summed E-state index contributed by atoms with van der Waals surface area (Å²) in [4.78, 5) is 5.74. The van der Waals surface area contributed by atoms with Gasteiger partial charge in [0.2, 0.25) is 0 Å². The van der Waals surface area contributed by atoms with E-state index in [4.69, 9.17) is 18.0 Å². The normalized spacial score (nSPS) is 15.2. The second-order valence-corrected chi connectivity index (χ2v) is 5.29. The van der Waals surface area contributed by atoms with Crippen molar-refractivity contribution in [3.05, 3.63) is 23.4 Å². The van der Waals surface area contributed by atoms with Crippen LogP contribution in [0, 0.1) is 0 Å². The lowest BCUT2D eigenvalue weighted by Gasteiger charge is -2.26. The van der Waals surface area contributed by atoms with Crippen LogP contribution >= 0.6 is 12.2 Å². The Hall–Kier alpha value is -1.37. The highest BCUT2D eigenvalue weighted by molar-refractivity contribution is 7.80. The zero-order valence-corrected chi connectivity index (χ0v) is 11.9. The predicted molar refractivity (Wildman–Crippen MR) is 75.8 cm³/mol. The van der Waals surface area contributed by atoms with Crippen molar-refractivity contribution in [3.8, 4) is 0 Å². The number of hydrogen-bond acceptors (Lipinski definition) is 3. The Morgan fingerprint density at radius 1 is 1.45 bits per heavy atom. The number of nitrogens with zero attached hydrogens (tertiary/aromatic N) is 2. The molecule has 0 atom stereocenters. The van der Waals surface area contributed by atoms with Crippen LogP contribution in [-0.2, 0) is 6.18 Å². The summed E-state index contributed by atoms with van der Waals surface area (Å²) in [5.41, 5.74) is 5.11. The molecule has 3 nitrogen and oxygen atoms in total. The number of rotatable bonds is 5. The Labute approximate surface area is 121 Å². The summed E-state index contributed by atoms with van der Waals surface area (Å²) in [6, 6.07) is 2.49. The van der Waals surface area contributed by atoms with Gasteiger partial charge in [-0.2, -0.15) is 13.2 Å². The van der Waals surface area contributed by atoms with Gasteiger partial charge in [0.05, 0.1) is 5.56 Å². The van der Waals surface area contributed by atoms with Gasteiger partial charge in [0.15, 0.2) is 0 Å². The topological polar surface area (TPSA) is 42.2 Å². The van der Waals surface area contributed by atoms with Gasteiger partial charge in [-0.05, 0) is 31.4 Å². The van der Waals surface area contributed by atoms with Crippen LogP contribution in [0.4, 0.5) is 19.0 Å². The third-order valence-electron chi connectivity index (χ3n) is 3.16. The van der Waals surface area contributed by atoms with E-state index < -0.39 is 11.9 Å². The second-order valence-electron chi connectivity index (χ2n) is 4.85. The maximum atomic E-state index is 12.8. The summed E-state index contributed by atoms with van der Waals surface area (Å²) in [5, 5.41) is 0. The standard InChI is InChI=1S/C13H16F3N3S/c1-2-7-19(8-3-4-8)12-9(11(17)20)5-6-10(18-12)13(14,15)16/h5-6,8H,2-4,7H2,1H3,(H2,17,20). The number of anilines is 1. The molecule has 7 heteroatoms. The van der Waals surface area contributed by atoms with Crippen molar-refractivity contribution in [3.63, 3.8) is 0 Å². The molecule has 2 N–H and O–H groups in total. The van der Waals surface area contributed by atoms with E-state index in [1.54, 1.807) is 0 Å². The molecule has 1 fully saturated rings. The lowest BCUT2D eigenvalue weighted by atomic mass is 10.2. The van der Waals surface area contributed by atoms with Crippen molar-refractivity contribution in [1.82, 2.24) is 4.98 Å². The van der Waals surface area contributed by atoms with Crippen molar-refractivity contribution < 1.29 is 13.2 Å². The van der Waals surface area contributed by atoms with Gasteiger partial charge in [-0.25, -0.2) is 4.98 Å². The molecule has 1 saturated carbocycles. The van der Waals surface area contributed by atoms with Gasteiger partial charge < -0.3 is 10.6 Å². The van der Waals surface area contributed by atoms with E-state index in [1.165, 1.54) is 6.07 Å².